The maximum absolute atomic E-state index is 11.9. The van der Waals surface area contributed by atoms with Gasteiger partial charge in [-0.2, -0.15) is 0 Å². The van der Waals surface area contributed by atoms with Crippen molar-refractivity contribution in [3.63, 3.8) is 0 Å². The molecular weight excluding hydrogens is 240 g/mol. The van der Waals surface area contributed by atoms with E-state index in [0.717, 1.165) is 16.9 Å². The first kappa shape index (κ1) is 13.3. The highest BCUT2D eigenvalue weighted by Crippen LogP contribution is 2.22. The first-order chi connectivity index (χ1) is 8.86. The zero-order valence-electron chi connectivity index (χ0n) is 11.7. The number of aromatic nitrogens is 1. The standard InChI is InChI=1S/C15H18N2O2/c1-10-16-13(9-19-10)11-5-7-12(8-6-11)17-14(18)15(2,3)4/h5-9H,1-4H3,(H,17,18). The summed E-state index contributed by atoms with van der Waals surface area (Å²) in [5, 5.41) is 2.88. The summed E-state index contributed by atoms with van der Waals surface area (Å²) in [4.78, 5) is 16.1. The predicted molar refractivity (Wildman–Crippen MR) is 74.8 cm³/mol. The zero-order valence-corrected chi connectivity index (χ0v) is 11.7. The van der Waals surface area contributed by atoms with Gasteiger partial charge >= 0.3 is 0 Å². The van der Waals surface area contributed by atoms with Crippen LogP contribution in [0.2, 0.25) is 0 Å². The van der Waals surface area contributed by atoms with Gasteiger partial charge in [-0.15, -0.1) is 0 Å². The summed E-state index contributed by atoms with van der Waals surface area (Å²) in [7, 11) is 0. The molecule has 0 aliphatic heterocycles. The number of carbonyl (C=O) groups is 1. The van der Waals surface area contributed by atoms with Gasteiger partial charge in [0.1, 0.15) is 12.0 Å². The van der Waals surface area contributed by atoms with Gasteiger partial charge in [-0.3, -0.25) is 4.79 Å². The molecule has 0 radical (unpaired) electrons. The number of carbonyl (C=O) groups excluding carboxylic acids is 1. The van der Waals surface area contributed by atoms with Gasteiger partial charge in [-0.05, 0) is 12.1 Å². The van der Waals surface area contributed by atoms with Crippen molar-refractivity contribution in [2.24, 2.45) is 5.41 Å². The fraction of sp³-hybridized carbons (Fsp3) is 0.333. The Labute approximate surface area is 112 Å². The van der Waals surface area contributed by atoms with Gasteiger partial charge in [0.25, 0.3) is 0 Å². The molecule has 1 N–H and O–H groups in total. The van der Waals surface area contributed by atoms with Crippen LogP contribution in [0.25, 0.3) is 11.3 Å². The molecule has 0 spiro atoms. The van der Waals surface area contributed by atoms with E-state index in [4.69, 9.17) is 4.42 Å². The molecule has 0 bridgehead atoms. The van der Waals surface area contributed by atoms with Crippen molar-refractivity contribution in [1.29, 1.82) is 0 Å². The maximum Gasteiger partial charge on any atom is 0.229 e. The van der Waals surface area contributed by atoms with Gasteiger partial charge in [0.15, 0.2) is 5.89 Å². The van der Waals surface area contributed by atoms with Crippen LogP contribution in [0.3, 0.4) is 0 Å². The number of nitrogens with one attached hydrogen (secondary N) is 1. The monoisotopic (exact) mass is 258 g/mol. The lowest BCUT2D eigenvalue weighted by Crippen LogP contribution is -2.27. The molecule has 0 saturated carbocycles. The average Bonchev–Trinajstić information content (AvgIpc) is 2.75. The SMILES string of the molecule is Cc1nc(-c2ccc(NC(=O)C(C)(C)C)cc2)co1. The zero-order chi connectivity index (χ0) is 14.0. The summed E-state index contributed by atoms with van der Waals surface area (Å²) in [6, 6.07) is 7.55. The molecule has 1 aromatic heterocycles. The van der Waals surface area contributed by atoms with Crippen molar-refractivity contribution in [3.8, 4) is 11.3 Å². The summed E-state index contributed by atoms with van der Waals surface area (Å²) < 4.78 is 5.18. The summed E-state index contributed by atoms with van der Waals surface area (Å²) in [6.45, 7) is 7.46. The van der Waals surface area contributed by atoms with E-state index in [-0.39, 0.29) is 5.91 Å². The first-order valence-electron chi connectivity index (χ1n) is 6.20. The highest BCUT2D eigenvalue weighted by molar-refractivity contribution is 5.94. The van der Waals surface area contributed by atoms with Crippen LogP contribution in [0.1, 0.15) is 26.7 Å². The van der Waals surface area contributed by atoms with Crippen LogP contribution in [0, 0.1) is 12.3 Å². The van der Waals surface area contributed by atoms with Crippen LogP contribution in [0.5, 0.6) is 0 Å². The largest absolute Gasteiger partial charge is 0.449 e. The third-order valence-electron chi connectivity index (χ3n) is 2.74. The Kier molecular flexibility index (Phi) is 3.42. The van der Waals surface area contributed by atoms with E-state index in [9.17, 15) is 4.79 Å². The fourth-order valence-electron chi connectivity index (χ4n) is 1.54. The third kappa shape index (κ3) is 3.22. The molecule has 0 aliphatic carbocycles. The second-order valence-corrected chi connectivity index (χ2v) is 5.53. The maximum atomic E-state index is 11.9. The molecule has 1 amide bonds. The number of hydrogen-bond acceptors (Lipinski definition) is 3. The molecule has 0 saturated heterocycles. The number of nitrogens with zero attached hydrogens (tertiary/aromatic N) is 1. The molecule has 2 aromatic rings. The molecule has 1 heterocycles. The minimum atomic E-state index is -0.401. The van der Waals surface area contributed by atoms with E-state index < -0.39 is 5.41 Å². The van der Waals surface area contributed by atoms with E-state index >= 15 is 0 Å². The van der Waals surface area contributed by atoms with Crippen LogP contribution in [-0.4, -0.2) is 10.9 Å². The van der Waals surface area contributed by atoms with Crippen molar-refractivity contribution >= 4 is 11.6 Å². The van der Waals surface area contributed by atoms with Crippen LogP contribution in [0.4, 0.5) is 5.69 Å². The molecule has 100 valence electrons. The Balaban J connectivity index is 2.13. The van der Waals surface area contributed by atoms with Gasteiger partial charge in [-0.25, -0.2) is 4.98 Å². The quantitative estimate of drug-likeness (QED) is 0.894. The van der Waals surface area contributed by atoms with Gasteiger partial charge in [0, 0.05) is 23.6 Å². The molecule has 2 rings (SSSR count). The Morgan fingerprint density at radius 1 is 1.21 bits per heavy atom. The number of aryl methyl sites for hydroxylation is 1. The Morgan fingerprint density at radius 3 is 2.32 bits per heavy atom. The molecule has 4 nitrogen and oxygen atoms in total. The first-order valence-corrected chi connectivity index (χ1v) is 6.20. The fourth-order valence-corrected chi connectivity index (χ4v) is 1.54. The topological polar surface area (TPSA) is 55.1 Å². The molecule has 0 atom stereocenters. The highest BCUT2D eigenvalue weighted by atomic mass is 16.3. The number of amides is 1. The van der Waals surface area contributed by atoms with Crippen LogP contribution >= 0.6 is 0 Å². The Bertz CT molecular complexity index is 577. The Morgan fingerprint density at radius 2 is 1.84 bits per heavy atom. The number of hydrogen-bond donors (Lipinski definition) is 1. The van der Waals surface area contributed by atoms with Crippen LogP contribution in [-0.2, 0) is 4.79 Å². The van der Waals surface area contributed by atoms with Crippen molar-refractivity contribution in [2.45, 2.75) is 27.7 Å². The number of oxazole rings is 1. The molecule has 19 heavy (non-hydrogen) atoms. The molecule has 0 unspecified atom stereocenters. The van der Waals surface area contributed by atoms with E-state index in [1.165, 1.54) is 0 Å². The molecule has 4 heteroatoms. The van der Waals surface area contributed by atoms with E-state index in [1.807, 2.05) is 45.0 Å². The minimum absolute atomic E-state index is 0.00229. The predicted octanol–water partition coefficient (Wildman–Crippen LogP) is 3.63. The molecule has 0 fully saturated rings. The number of anilines is 1. The number of benzene rings is 1. The van der Waals surface area contributed by atoms with Crippen molar-refractivity contribution < 1.29 is 9.21 Å². The van der Waals surface area contributed by atoms with Gasteiger partial charge in [-0.1, -0.05) is 32.9 Å². The van der Waals surface area contributed by atoms with Gasteiger partial charge < -0.3 is 9.73 Å². The summed E-state index contributed by atoms with van der Waals surface area (Å²) in [5.41, 5.74) is 2.14. The number of rotatable bonds is 2. The van der Waals surface area contributed by atoms with E-state index in [1.54, 1.807) is 13.2 Å². The average molecular weight is 258 g/mol. The second kappa shape index (κ2) is 4.88. The summed E-state index contributed by atoms with van der Waals surface area (Å²) in [6.07, 6.45) is 1.62. The summed E-state index contributed by atoms with van der Waals surface area (Å²) >= 11 is 0. The molecule has 0 aliphatic rings. The van der Waals surface area contributed by atoms with Crippen LogP contribution < -0.4 is 5.32 Å². The van der Waals surface area contributed by atoms with Gasteiger partial charge in [0.05, 0.1) is 0 Å². The lowest BCUT2D eigenvalue weighted by molar-refractivity contribution is -0.123. The lowest BCUT2D eigenvalue weighted by Gasteiger charge is -2.17. The summed E-state index contributed by atoms with van der Waals surface area (Å²) in [5.74, 6) is 0.637. The minimum Gasteiger partial charge on any atom is -0.449 e. The normalized spacial score (nSPS) is 11.4. The van der Waals surface area contributed by atoms with E-state index in [2.05, 4.69) is 10.3 Å². The lowest BCUT2D eigenvalue weighted by atomic mass is 9.95. The van der Waals surface area contributed by atoms with Crippen molar-refractivity contribution in [1.82, 2.24) is 4.98 Å². The van der Waals surface area contributed by atoms with E-state index in [0.29, 0.717) is 5.89 Å². The van der Waals surface area contributed by atoms with Crippen molar-refractivity contribution in [2.75, 3.05) is 5.32 Å². The highest BCUT2D eigenvalue weighted by Gasteiger charge is 2.21. The Hall–Kier alpha value is -2.10. The third-order valence-corrected chi connectivity index (χ3v) is 2.74. The van der Waals surface area contributed by atoms with Gasteiger partial charge in [0.2, 0.25) is 5.91 Å². The molecule has 1 aromatic carbocycles. The van der Waals surface area contributed by atoms with Crippen molar-refractivity contribution in [3.05, 3.63) is 36.4 Å². The van der Waals surface area contributed by atoms with Crippen LogP contribution in [0.15, 0.2) is 34.9 Å². The smallest absolute Gasteiger partial charge is 0.229 e. The molecular formula is C15H18N2O2. The second-order valence-electron chi connectivity index (χ2n) is 5.53.